The second-order valence-electron chi connectivity index (χ2n) is 8.70. The second-order valence-corrected chi connectivity index (χ2v) is 8.70. The lowest BCUT2D eigenvalue weighted by Gasteiger charge is -2.37. The number of rotatable bonds is 7. The standard InChI is InChI=1S/C23H34F3N3O/c1-2-4-22(30)27-20-9-7-18(8-10-20)11-12-28-13-15-29(16-14-28)21-6-3-5-19(17-21)23(24,25)26/h3,5-6,17-18,20H,2,4,7-16H2,1H3,(H,27,30). The van der Waals surface area contributed by atoms with Crippen molar-refractivity contribution < 1.29 is 18.0 Å². The molecular formula is C23H34F3N3O. The zero-order valence-corrected chi connectivity index (χ0v) is 17.9. The molecule has 1 aromatic rings. The Morgan fingerprint density at radius 2 is 1.80 bits per heavy atom. The minimum absolute atomic E-state index is 0.180. The third-order valence-corrected chi connectivity index (χ3v) is 6.45. The Morgan fingerprint density at radius 1 is 1.10 bits per heavy atom. The van der Waals surface area contributed by atoms with Crippen molar-refractivity contribution in [3.05, 3.63) is 29.8 Å². The number of benzene rings is 1. The van der Waals surface area contributed by atoms with Crippen molar-refractivity contribution in [3.8, 4) is 0 Å². The van der Waals surface area contributed by atoms with Gasteiger partial charge in [-0.25, -0.2) is 0 Å². The molecule has 0 spiro atoms. The summed E-state index contributed by atoms with van der Waals surface area (Å²) in [5.41, 5.74) is 0.0804. The fraction of sp³-hybridized carbons (Fsp3) is 0.696. The van der Waals surface area contributed by atoms with Crippen molar-refractivity contribution >= 4 is 11.6 Å². The maximum Gasteiger partial charge on any atom is 0.416 e. The monoisotopic (exact) mass is 425 g/mol. The lowest BCUT2D eigenvalue weighted by atomic mass is 9.84. The molecule has 1 heterocycles. The number of nitrogens with one attached hydrogen (secondary N) is 1. The number of anilines is 1. The molecule has 0 bridgehead atoms. The maximum atomic E-state index is 12.9. The number of halogens is 3. The number of piperazine rings is 1. The van der Waals surface area contributed by atoms with Gasteiger partial charge < -0.3 is 10.2 Å². The van der Waals surface area contributed by atoms with E-state index < -0.39 is 11.7 Å². The summed E-state index contributed by atoms with van der Waals surface area (Å²) in [5.74, 6) is 0.894. The normalized spacial score (nSPS) is 23.4. The molecule has 1 aliphatic carbocycles. The molecule has 0 radical (unpaired) electrons. The predicted octanol–water partition coefficient (Wildman–Crippen LogP) is 4.69. The zero-order chi connectivity index (χ0) is 21.6. The Bertz CT molecular complexity index is 679. The van der Waals surface area contributed by atoms with Crippen LogP contribution in [0.2, 0.25) is 0 Å². The highest BCUT2D eigenvalue weighted by Crippen LogP contribution is 2.32. The number of carbonyl (C=O) groups excluding carboxylic acids is 1. The van der Waals surface area contributed by atoms with Gasteiger partial charge in [0.1, 0.15) is 0 Å². The SMILES string of the molecule is CCCC(=O)NC1CCC(CCN2CCN(c3cccc(C(F)(F)F)c3)CC2)CC1. The average molecular weight is 426 g/mol. The Balaban J connectivity index is 1.36. The fourth-order valence-corrected chi connectivity index (χ4v) is 4.60. The first-order valence-corrected chi connectivity index (χ1v) is 11.3. The molecule has 1 N–H and O–H groups in total. The minimum Gasteiger partial charge on any atom is -0.369 e. The number of carbonyl (C=O) groups is 1. The van der Waals surface area contributed by atoms with Crippen LogP contribution in [0.25, 0.3) is 0 Å². The smallest absolute Gasteiger partial charge is 0.369 e. The van der Waals surface area contributed by atoms with E-state index >= 15 is 0 Å². The van der Waals surface area contributed by atoms with Gasteiger partial charge in [0.15, 0.2) is 0 Å². The van der Waals surface area contributed by atoms with Crippen molar-refractivity contribution in [3.63, 3.8) is 0 Å². The molecule has 0 atom stereocenters. The van der Waals surface area contributed by atoms with E-state index in [0.29, 0.717) is 24.1 Å². The third kappa shape index (κ3) is 6.62. The molecule has 0 aromatic heterocycles. The van der Waals surface area contributed by atoms with Gasteiger partial charge >= 0.3 is 6.18 Å². The molecule has 3 rings (SSSR count). The Labute approximate surface area is 177 Å². The lowest BCUT2D eigenvalue weighted by molar-refractivity contribution is -0.137. The summed E-state index contributed by atoms with van der Waals surface area (Å²) in [6, 6.07) is 5.99. The van der Waals surface area contributed by atoms with E-state index in [1.807, 2.05) is 6.92 Å². The highest BCUT2D eigenvalue weighted by atomic mass is 19.4. The van der Waals surface area contributed by atoms with Crippen LogP contribution < -0.4 is 10.2 Å². The number of hydrogen-bond acceptors (Lipinski definition) is 3. The van der Waals surface area contributed by atoms with E-state index in [0.717, 1.165) is 58.1 Å². The van der Waals surface area contributed by atoms with Crippen LogP contribution in [-0.2, 0) is 11.0 Å². The van der Waals surface area contributed by atoms with E-state index in [1.165, 1.54) is 31.4 Å². The van der Waals surface area contributed by atoms with Crippen LogP contribution in [0, 0.1) is 5.92 Å². The Kier molecular flexibility index (Phi) is 8.03. The van der Waals surface area contributed by atoms with Crippen molar-refractivity contribution in [1.82, 2.24) is 10.2 Å². The van der Waals surface area contributed by atoms with Crippen molar-refractivity contribution in [2.45, 2.75) is 64.1 Å². The van der Waals surface area contributed by atoms with Gasteiger partial charge in [-0.3, -0.25) is 9.69 Å². The van der Waals surface area contributed by atoms with Gasteiger partial charge in [-0.15, -0.1) is 0 Å². The summed E-state index contributed by atoms with van der Waals surface area (Å²) in [6.45, 7) is 6.37. The summed E-state index contributed by atoms with van der Waals surface area (Å²) in [7, 11) is 0. The zero-order valence-electron chi connectivity index (χ0n) is 17.9. The van der Waals surface area contributed by atoms with Crippen LogP contribution in [-0.4, -0.2) is 49.6 Å². The number of hydrogen-bond donors (Lipinski definition) is 1. The average Bonchev–Trinajstić information content (AvgIpc) is 2.73. The topological polar surface area (TPSA) is 35.6 Å². The summed E-state index contributed by atoms with van der Waals surface area (Å²) in [6.07, 6.45) is 2.86. The van der Waals surface area contributed by atoms with Crippen LogP contribution in [0.4, 0.5) is 18.9 Å². The molecule has 30 heavy (non-hydrogen) atoms. The molecule has 168 valence electrons. The third-order valence-electron chi connectivity index (χ3n) is 6.45. The first kappa shape index (κ1) is 22.9. The molecule has 2 fully saturated rings. The molecule has 1 saturated carbocycles. The molecular weight excluding hydrogens is 391 g/mol. The molecule has 1 aromatic carbocycles. The van der Waals surface area contributed by atoms with Gasteiger partial charge in [-0.1, -0.05) is 13.0 Å². The van der Waals surface area contributed by atoms with E-state index in [4.69, 9.17) is 0 Å². The summed E-state index contributed by atoms with van der Waals surface area (Å²) < 4.78 is 38.8. The minimum atomic E-state index is -4.30. The van der Waals surface area contributed by atoms with E-state index in [2.05, 4.69) is 15.1 Å². The summed E-state index contributed by atoms with van der Waals surface area (Å²) in [5, 5.41) is 3.15. The van der Waals surface area contributed by atoms with Gasteiger partial charge in [-0.05, 0) is 69.2 Å². The fourth-order valence-electron chi connectivity index (χ4n) is 4.60. The van der Waals surface area contributed by atoms with Gasteiger partial charge in [-0.2, -0.15) is 13.2 Å². The van der Waals surface area contributed by atoms with Gasteiger partial charge in [0.25, 0.3) is 0 Å². The highest BCUT2D eigenvalue weighted by Gasteiger charge is 2.31. The summed E-state index contributed by atoms with van der Waals surface area (Å²) in [4.78, 5) is 16.2. The Morgan fingerprint density at radius 3 is 2.43 bits per heavy atom. The lowest BCUT2D eigenvalue weighted by Crippen LogP contribution is -2.47. The second kappa shape index (κ2) is 10.5. The van der Waals surface area contributed by atoms with Crippen molar-refractivity contribution in [2.24, 2.45) is 5.92 Å². The van der Waals surface area contributed by atoms with Gasteiger partial charge in [0, 0.05) is 44.3 Å². The predicted molar refractivity (Wildman–Crippen MR) is 114 cm³/mol. The quantitative estimate of drug-likeness (QED) is 0.688. The van der Waals surface area contributed by atoms with Gasteiger partial charge in [0.2, 0.25) is 5.91 Å². The van der Waals surface area contributed by atoms with Gasteiger partial charge in [0.05, 0.1) is 5.56 Å². The number of amides is 1. The van der Waals surface area contributed by atoms with E-state index in [-0.39, 0.29) is 5.91 Å². The Hall–Kier alpha value is -1.76. The molecule has 2 aliphatic rings. The molecule has 4 nitrogen and oxygen atoms in total. The first-order valence-electron chi connectivity index (χ1n) is 11.3. The number of alkyl halides is 3. The highest BCUT2D eigenvalue weighted by molar-refractivity contribution is 5.76. The largest absolute Gasteiger partial charge is 0.416 e. The van der Waals surface area contributed by atoms with Crippen LogP contribution in [0.3, 0.4) is 0 Å². The van der Waals surface area contributed by atoms with Crippen molar-refractivity contribution in [1.29, 1.82) is 0 Å². The maximum absolute atomic E-state index is 12.9. The van der Waals surface area contributed by atoms with Crippen LogP contribution in [0.5, 0.6) is 0 Å². The molecule has 1 aliphatic heterocycles. The van der Waals surface area contributed by atoms with Crippen LogP contribution in [0.15, 0.2) is 24.3 Å². The molecule has 0 unspecified atom stereocenters. The van der Waals surface area contributed by atoms with Crippen LogP contribution in [0.1, 0.15) is 57.4 Å². The number of nitrogens with zero attached hydrogens (tertiary/aromatic N) is 2. The van der Waals surface area contributed by atoms with E-state index in [9.17, 15) is 18.0 Å². The van der Waals surface area contributed by atoms with Crippen molar-refractivity contribution in [2.75, 3.05) is 37.6 Å². The first-order chi connectivity index (χ1) is 14.3. The van der Waals surface area contributed by atoms with E-state index in [1.54, 1.807) is 6.07 Å². The van der Waals surface area contributed by atoms with Crippen LogP contribution >= 0.6 is 0 Å². The summed E-state index contributed by atoms with van der Waals surface area (Å²) >= 11 is 0. The molecule has 7 heteroatoms. The molecule has 1 saturated heterocycles. The molecule has 1 amide bonds.